The van der Waals surface area contributed by atoms with Crippen molar-refractivity contribution in [3.8, 4) is 0 Å². The summed E-state index contributed by atoms with van der Waals surface area (Å²) in [4.78, 5) is 24.7. The van der Waals surface area contributed by atoms with Crippen LogP contribution in [0.2, 0.25) is 0 Å². The number of carbonyl (C=O) groups is 2. The van der Waals surface area contributed by atoms with Gasteiger partial charge in [-0.05, 0) is 49.8 Å². The van der Waals surface area contributed by atoms with E-state index in [0.717, 1.165) is 5.56 Å². The Morgan fingerprint density at radius 3 is 2.42 bits per heavy atom. The van der Waals surface area contributed by atoms with E-state index in [-0.39, 0.29) is 17.5 Å². The van der Waals surface area contributed by atoms with Crippen LogP contribution in [0.1, 0.15) is 22.8 Å². The monoisotopic (exact) mass is 320 g/mol. The molecule has 2 amide bonds. The highest BCUT2D eigenvalue weighted by atomic mass is 16.2. The standard InChI is InChI=1S/C20H20N2O2/c1-3-4-13-18(22-19(23)16-10-6-5-7-11-16)20(24)21-17-12-8-9-15(2)14-17/h3-14H,1-2H3,(H,21,24)(H,22,23)/b4-3-,18-13-. The maximum Gasteiger partial charge on any atom is 0.272 e. The lowest BCUT2D eigenvalue weighted by atomic mass is 10.2. The second kappa shape index (κ2) is 8.48. The number of anilines is 1. The molecular weight excluding hydrogens is 300 g/mol. The third kappa shape index (κ3) is 4.95. The molecule has 0 fully saturated rings. The highest BCUT2D eigenvalue weighted by Gasteiger charge is 2.14. The zero-order valence-corrected chi connectivity index (χ0v) is 13.7. The highest BCUT2D eigenvalue weighted by molar-refractivity contribution is 6.08. The van der Waals surface area contributed by atoms with Gasteiger partial charge >= 0.3 is 0 Å². The van der Waals surface area contributed by atoms with Gasteiger partial charge in [0.25, 0.3) is 11.8 Å². The molecule has 2 aromatic rings. The molecule has 0 aliphatic rings. The van der Waals surface area contributed by atoms with Gasteiger partial charge in [-0.15, -0.1) is 0 Å². The predicted molar refractivity (Wildman–Crippen MR) is 96.6 cm³/mol. The molecule has 0 bridgehead atoms. The minimum absolute atomic E-state index is 0.184. The fourth-order valence-electron chi connectivity index (χ4n) is 2.07. The van der Waals surface area contributed by atoms with Crippen LogP contribution in [0.25, 0.3) is 0 Å². The van der Waals surface area contributed by atoms with Gasteiger partial charge in [-0.1, -0.05) is 42.5 Å². The van der Waals surface area contributed by atoms with Crippen molar-refractivity contribution in [1.82, 2.24) is 5.32 Å². The average Bonchev–Trinajstić information content (AvgIpc) is 2.59. The normalized spacial score (nSPS) is 11.3. The average molecular weight is 320 g/mol. The molecule has 2 rings (SSSR count). The number of hydrogen-bond donors (Lipinski definition) is 2. The van der Waals surface area contributed by atoms with Crippen LogP contribution in [-0.2, 0) is 4.79 Å². The van der Waals surface area contributed by atoms with E-state index < -0.39 is 0 Å². The minimum Gasteiger partial charge on any atom is -0.321 e. The van der Waals surface area contributed by atoms with E-state index in [1.165, 1.54) is 0 Å². The summed E-state index contributed by atoms with van der Waals surface area (Å²) in [5.41, 5.74) is 2.40. The molecule has 0 saturated heterocycles. The molecule has 0 heterocycles. The number of nitrogens with one attached hydrogen (secondary N) is 2. The topological polar surface area (TPSA) is 58.2 Å². The fourth-order valence-corrected chi connectivity index (χ4v) is 2.07. The molecule has 0 saturated carbocycles. The minimum atomic E-state index is -0.372. The van der Waals surface area contributed by atoms with Crippen molar-refractivity contribution in [2.75, 3.05) is 5.32 Å². The van der Waals surface area contributed by atoms with Crippen molar-refractivity contribution in [3.05, 3.63) is 89.6 Å². The Kier molecular flexibility index (Phi) is 6.08. The Hall–Kier alpha value is -3.14. The quantitative estimate of drug-likeness (QED) is 0.650. The van der Waals surface area contributed by atoms with Crippen LogP contribution in [0.4, 0.5) is 5.69 Å². The molecule has 0 aromatic heterocycles. The van der Waals surface area contributed by atoms with Gasteiger partial charge in [0, 0.05) is 11.3 Å². The van der Waals surface area contributed by atoms with Crippen LogP contribution >= 0.6 is 0 Å². The molecule has 0 atom stereocenters. The van der Waals surface area contributed by atoms with Crippen LogP contribution in [0, 0.1) is 6.92 Å². The van der Waals surface area contributed by atoms with E-state index in [4.69, 9.17) is 0 Å². The summed E-state index contributed by atoms with van der Waals surface area (Å²) in [6, 6.07) is 16.3. The SMILES string of the molecule is C/C=C\C=C(/NC(=O)c1ccccc1)C(=O)Nc1cccc(C)c1. The second-order valence-electron chi connectivity index (χ2n) is 5.25. The molecule has 4 nitrogen and oxygen atoms in total. The van der Waals surface area contributed by atoms with Gasteiger partial charge in [-0.2, -0.15) is 0 Å². The van der Waals surface area contributed by atoms with Crippen LogP contribution in [-0.4, -0.2) is 11.8 Å². The molecule has 2 N–H and O–H groups in total. The molecule has 0 aliphatic heterocycles. The van der Waals surface area contributed by atoms with Crippen LogP contribution in [0.5, 0.6) is 0 Å². The van der Waals surface area contributed by atoms with Gasteiger partial charge in [0.15, 0.2) is 0 Å². The zero-order valence-electron chi connectivity index (χ0n) is 13.7. The Balaban J connectivity index is 2.16. The number of rotatable bonds is 5. The Bertz CT molecular complexity index is 777. The molecule has 2 aromatic carbocycles. The molecule has 122 valence electrons. The Labute approximate surface area is 141 Å². The number of allylic oxidation sites excluding steroid dienone is 3. The van der Waals surface area contributed by atoms with Gasteiger partial charge in [-0.25, -0.2) is 0 Å². The second-order valence-corrected chi connectivity index (χ2v) is 5.25. The molecule has 4 heteroatoms. The summed E-state index contributed by atoms with van der Waals surface area (Å²) < 4.78 is 0. The van der Waals surface area contributed by atoms with Crippen molar-refractivity contribution >= 4 is 17.5 Å². The molecular formula is C20H20N2O2. The summed E-state index contributed by atoms with van der Waals surface area (Å²) in [6.07, 6.45) is 5.07. The smallest absolute Gasteiger partial charge is 0.272 e. The van der Waals surface area contributed by atoms with Gasteiger partial charge in [0.05, 0.1) is 0 Å². The number of benzene rings is 2. The van der Waals surface area contributed by atoms with Gasteiger partial charge in [-0.3, -0.25) is 9.59 Å². The molecule has 0 radical (unpaired) electrons. The van der Waals surface area contributed by atoms with Gasteiger partial charge < -0.3 is 10.6 Å². The number of aryl methyl sites for hydroxylation is 1. The number of carbonyl (C=O) groups excluding carboxylic acids is 2. The number of amides is 2. The predicted octanol–water partition coefficient (Wildman–Crippen LogP) is 3.82. The molecule has 0 aliphatic carbocycles. The van der Waals surface area contributed by atoms with Gasteiger partial charge in [0.1, 0.15) is 5.70 Å². The van der Waals surface area contributed by atoms with Crippen molar-refractivity contribution in [1.29, 1.82) is 0 Å². The van der Waals surface area contributed by atoms with E-state index in [1.54, 1.807) is 48.6 Å². The Morgan fingerprint density at radius 1 is 1.00 bits per heavy atom. The van der Waals surface area contributed by atoms with Crippen molar-refractivity contribution in [2.24, 2.45) is 0 Å². The van der Waals surface area contributed by atoms with E-state index in [2.05, 4.69) is 10.6 Å². The first kappa shape index (κ1) is 17.2. The maximum absolute atomic E-state index is 12.5. The van der Waals surface area contributed by atoms with Crippen LogP contribution in [0.3, 0.4) is 0 Å². The first-order valence-electron chi connectivity index (χ1n) is 7.67. The largest absolute Gasteiger partial charge is 0.321 e. The van der Waals surface area contributed by atoms with E-state index in [0.29, 0.717) is 11.3 Å². The third-order valence-electron chi connectivity index (χ3n) is 3.26. The maximum atomic E-state index is 12.5. The molecule has 0 unspecified atom stereocenters. The third-order valence-corrected chi connectivity index (χ3v) is 3.26. The number of hydrogen-bond acceptors (Lipinski definition) is 2. The lowest BCUT2D eigenvalue weighted by Gasteiger charge is -2.11. The summed E-state index contributed by atoms with van der Waals surface area (Å²) >= 11 is 0. The Morgan fingerprint density at radius 2 is 1.75 bits per heavy atom. The summed E-state index contributed by atoms with van der Waals surface area (Å²) in [5.74, 6) is -0.700. The summed E-state index contributed by atoms with van der Waals surface area (Å²) in [5, 5.41) is 5.45. The van der Waals surface area contributed by atoms with Crippen molar-refractivity contribution in [3.63, 3.8) is 0 Å². The van der Waals surface area contributed by atoms with Crippen LogP contribution in [0.15, 0.2) is 78.5 Å². The molecule has 0 spiro atoms. The van der Waals surface area contributed by atoms with E-state index >= 15 is 0 Å². The first-order valence-corrected chi connectivity index (χ1v) is 7.67. The summed E-state index contributed by atoms with van der Waals surface area (Å²) in [6.45, 7) is 3.79. The van der Waals surface area contributed by atoms with E-state index in [1.807, 2.05) is 38.1 Å². The molecule has 24 heavy (non-hydrogen) atoms. The van der Waals surface area contributed by atoms with Gasteiger partial charge in [0.2, 0.25) is 0 Å². The lowest BCUT2D eigenvalue weighted by Crippen LogP contribution is -2.30. The first-order chi connectivity index (χ1) is 11.6. The van der Waals surface area contributed by atoms with Crippen molar-refractivity contribution in [2.45, 2.75) is 13.8 Å². The summed E-state index contributed by atoms with van der Waals surface area (Å²) in [7, 11) is 0. The van der Waals surface area contributed by atoms with Crippen molar-refractivity contribution < 1.29 is 9.59 Å². The lowest BCUT2D eigenvalue weighted by molar-refractivity contribution is -0.113. The fraction of sp³-hybridized carbons (Fsp3) is 0.100. The van der Waals surface area contributed by atoms with E-state index in [9.17, 15) is 9.59 Å². The highest BCUT2D eigenvalue weighted by Crippen LogP contribution is 2.11. The van der Waals surface area contributed by atoms with Crippen LogP contribution < -0.4 is 10.6 Å². The zero-order chi connectivity index (χ0) is 17.4.